The molecule has 1 aliphatic heterocycles. The summed E-state index contributed by atoms with van der Waals surface area (Å²) in [5.74, 6) is -0.457. The number of esters is 1. The zero-order valence-corrected chi connectivity index (χ0v) is 24.7. The van der Waals surface area contributed by atoms with Gasteiger partial charge in [0.1, 0.15) is 6.04 Å². The minimum Gasteiger partial charge on any atom is -0.463 e. The molecular weight excluding hydrogens is 585 g/mol. The van der Waals surface area contributed by atoms with Gasteiger partial charge in [0.05, 0.1) is 32.5 Å². The normalized spacial score (nSPS) is 15.4. The van der Waals surface area contributed by atoms with Crippen LogP contribution in [0.4, 0.5) is 0 Å². The van der Waals surface area contributed by atoms with E-state index < -0.39 is 12.0 Å². The van der Waals surface area contributed by atoms with Gasteiger partial charge in [0.15, 0.2) is 4.80 Å². The monoisotopic (exact) mass is 607 g/mol. The van der Waals surface area contributed by atoms with E-state index in [9.17, 15) is 9.59 Å². The van der Waals surface area contributed by atoms with Crippen LogP contribution < -0.4 is 14.9 Å². The van der Waals surface area contributed by atoms with E-state index in [2.05, 4.69) is 15.6 Å². The van der Waals surface area contributed by atoms with Gasteiger partial charge in [-0.25, -0.2) is 9.79 Å². The summed E-state index contributed by atoms with van der Waals surface area (Å²) in [4.78, 5) is 33.0. The average Bonchev–Trinajstić information content (AvgIpc) is 3.65. The van der Waals surface area contributed by atoms with Crippen LogP contribution in [0.15, 0.2) is 87.2 Å². The van der Waals surface area contributed by atoms with Crippen molar-refractivity contribution < 1.29 is 9.53 Å². The second-order valence-electron chi connectivity index (χ2n) is 9.30. The van der Waals surface area contributed by atoms with Crippen molar-refractivity contribution in [2.45, 2.75) is 26.4 Å². The number of benzene rings is 2. The molecular formula is C30H23Cl2N3O3S2. The molecule has 5 aromatic rings. The number of fused-ring (bicyclic) bond motifs is 2. The third-order valence-corrected chi connectivity index (χ3v) is 9.42. The summed E-state index contributed by atoms with van der Waals surface area (Å²) in [6.45, 7) is 4.39. The summed E-state index contributed by atoms with van der Waals surface area (Å²) in [7, 11) is 0. The average molecular weight is 609 g/mol. The van der Waals surface area contributed by atoms with Crippen LogP contribution >= 0.6 is 45.9 Å². The highest BCUT2D eigenvalue weighted by molar-refractivity contribution is 7.10. The highest BCUT2D eigenvalue weighted by Gasteiger charge is 2.33. The van der Waals surface area contributed by atoms with E-state index in [1.165, 1.54) is 22.7 Å². The summed E-state index contributed by atoms with van der Waals surface area (Å²) in [6, 6.07) is 16.9. The molecule has 0 radical (unpaired) electrons. The van der Waals surface area contributed by atoms with Crippen LogP contribution in [0.25, 0.3) is 17.0 Å². The molecule has 40 heavy (non-hydrogen) atoms. The second-order valence-corrected chi connectivity index (χ2v) is 12.1. The van der Waals surface area contributed by atoms with Crippen molar-refractivity contribution in [3.63, 3.8) is 0 Å². The van der Waals surface area contributed by atoms with E-state index in [0.717, 1.165) is 26.9 Å². The Hall–Kier alpha value is -3.43. The van der Waals surface area contributed by atoms with Crippen molar-refractivity contribution in [3.8, 4) is 0 Å². The fourth-order valence-corrected chi connectivity index (χ4v) is 7.19. The first-order valence-electron chi connectivity index (χ1n) is 12.6. The van der Waals surface area contributed by atoms with Gasteiger partial charge < -0.3 is 9.30 Å². The zero-order chi connectivity index (χ0) is 28.0. The number of halogens is 2. The maximum atomic E-state index is 13.9. The maximum absolute atomic E-state index is 13.9. The van der Waals surface area contributed by atoms with Gasteiger partial charge >= 0.3 is 5.97 Å². The second kappa shape index (κ2) is 10.9. The number of thiophene rings is 1. The predicted molar refractivity (Wildman–Crippen MR) is 162 cm³/mol. The molecule has 3 aromatic heterocycles. The summed E-state index contributed by atoms with van der Waals surface area (Å²) in [5.41, 5.74) is 3.71. The van der Waals surface area contributed by atoms with Gasteiger partial charge in [-0.1, -0.05) is 64.9 Å². The Morgan fingerprint density at radius 2 is 1.95 bits per heavy atom. The lowest BCUT2D eigenvalue weighted by atomic mass is 10.0. The minimum absolute atomic E-state index is 0.197. The van der Waals surface area contributed by atoms with E-state index >= 15 is 0 Å². The van der Waals surface area contributed by atoms with Crippen molar-refractivity contribution in [1.29, 1.82) is 0 Å². The molecule has 0 bridgehead atoms. The van der Waals surface area contributed by atoms with Crippen molar-refractivity contribution >= 4 is 68.8 Å². The van der Waals surface area contributed by atoms with Gasteiger partial charge in [-0.2, -0.15) is 0 Å². The molecule has 10 heteroatoms. The molecule has 1 atom stereocenters. The van der Waals surface area contributed by atoms with Crippen LogP contribution in [0, 0.1) is 0 Å². The van der Waals surface area contributed by atoms with Crippen LogP contribution in [0.2, 0.25) is 10.0 Å². The third kappa shape index (κ3) is 4.75. The molecule has 6 rings (SSSR count). The summed E-state index contributed by atoms with van der Waals surface area (Å²) in [5, 5.41) is 3.98. The first-order chi connectivity index (χ1) is 19.4. The van der Waals surface area contributed by atoms with Crippen LogP contribution in [0.5, 0.6) is 0 Å². The highest BCUT2D eigenvalue weighted by atomic mass is 35.5. The number of para-hydroxylation sites is 1. The highest BCUT2D eigenvalue weighted by Crippen LogP contribution is 2.33. The van der Waals surface area contributed by atoms with Crippen molar-refractivity contribution in [2.24, 2.45) is 4.99 Å². The molecule has 1 aliphatic rings. The molecule has 0 spiro atoms. The summed E-state index contributed by atoms with van der Waals surface area (Å²) >= 11 is 15.2. The van der Waals surface area contributed by atoms with Crippen LogP contribution in [0.3, 0.4) is 0 Å². The van der Waals surface area contributed by atoms with E-state index in [-0.39, 0.29) is 12.2 Å². The van der Waals surface area contributed by atoms with Crippen LogP contribution in [-0.2, 0) is 16.1 Å². The fourth-order valence-electron chi connectivity index (χ4n) is 5.00. The molecule has 202 valence electrons. The molecule has 2 aromatic carbocycles. The Bertz CT molecular complexity index is 1980. The van der Waals surface area contributed by atoms with E-state index in [0.29, 0.717) is 37.2 Å². The Kier molecular flexibility index (Phi) is 7.27. The maximum Gasteiger partial charge on any atom is 0.338 e. The molecule has 6 nitrogen and oxygen atoms in total. The third-order valence-electron chi connectivity index (χ3n) is 6.77. The molecule has 0 N–H and O–H groups in total. The number of thiazole rings is 1. The van der Waals surface area contributed by atoms with Gasteiger partial charge in [-0.15, -0.1) is 11.3 Å². The number of rotatable bonds is 6. The standard InChI is InChI=1S/C30H23Cl2N3O3S2/c1-3-38-29(37)26-17(2)33-30-35(27(26)24-9-6-12-39-24)28(36)25(40-30)14-19-16-34(23-8-5-4-7-20(19)23)15-18-10-11-21(31)22(32)13-18/h4-14,16,27H,3,15H2,1-2H3/b25-14+/t27-/m0/s1. The molecule has 0 unspecified atom stereocenters. The van der Waals surface area contributed by atoms with E-state index in [1.807, 2.05) is 60.1 Å². The van der Waals surface area contributed by atoms with E-state index in [4.69, 9.17) is 27.9 Å². The number of hydrogen-bond acceptors (Lipinski definition) is 6. The summed E-state index contributed by atoms with van der Waals surface area (Å²) < 4.78 is 9.65. The molecule has 0 aliphatic carbocycles. The van der Waals surface area contributed by atoms with Gasteiger partial charge in [-0.3, -0.25) is 9.36 Å². The largest absolute Gasteiger partial charge is 0.463 e. The Morgan fingerprint density at radius 3 is 2.70 bits per heavy atom. The number of carbonyl (C=O) groups is 1. The van der Waals surface area contributed by atoms with Crippen molar-refractivity contribution in [2.75, 3.05) is 6.61 Å². The van der Waals surface area contributed by atoms with Gasteiger partial charge in [-0.05, 0) is 55.1 Å². The van der Waals surface area contributed by atoms with Crippen molar-refractivity contribution in [3.05, 3.63) is 123 Å². The Morgan fingerprint density at radius 1 is 1.12 bits per heavy atom. The predicted octanol–water partition coefficient (Wildman–Crippen LogP) is 6.17. The Labute approximate surface area is 247 Å². The number of hydrogen-bond donors (Lipinski definition) is 0. The number of aromatic nitrogens is 2. The van der Waals surface area contributed by atoms with Crippen LogP contribution in [0.1, 0.15) is 35.9 Å². The minimum atomic E-state index is -0.589. The lowest BCUT2D eigenvalue weighted by molar-refractivity contribution is -0.139. The first kappa shape index (κ1) is 26.8. The van der Waals surface area contributed by atoms with Gasteiger partial charge in [0.25, 0.3) is 5.56 Å². The molecule has 0 fully saturated rings. The number of nitrogens with zero attached hydrogens (tertiary/aromatic N) is 3. The number of allylic oxidation sites excluding steroid dienone is 1. The molecule has 0 saturated heterocycles. The Balaban J connectivity index is 1.49. The fraction of sp³-hybridized carbons (Fsp3) is 0.167. The topological polar surface area (TPSA) is 65.6 Å². The van der Waals surface area contributed by atoms with Crippen molar-refractivity contribution in [1.82, 2.24) is 9.13 Å². The van der Waals surface area contributed by atoms with Crippen LogP contribution in [-0.4, -0.2) is 21.7 Å². The lowest BCUT2D eigenvalue weighted by Crippen LogP contribution is -2.39. The SMILES string of the molecule is CCOC(=O)C1=C(C)N=c2s/c(=C/c3cn(Cc4ccc(Cl)c(Cl)c4)c4ccccc34)c(=O)n2[C@H]1c1cccs1. The molecule has 4 heterocycles. The molecule has 0 amide bonds. The van der Waals surface area contributed by atoms with E-state index in [1.54, 1.807) is 24.5 Å². The summed E-state index contributed by atoms with van der Waals surface area (Å²) in [6.07, 6.45) is 3.95. The molecule has 0 saturated carbocycles. The smallest absolute Gasteiger partial charge is 0.338 e. The van der Waals surface area contributed by atoms with Gasteiger partial charge in [0.2, 0.25) is 0 Å². The van der Waals surface area contributed by atoms with Gasteiger partial charge in [0, 0.05) is 34.1 Å². The quantitative estimate of drug-likeness (QED) is 0.217. The lowest BCUT2D eigenvalue weighted by Gasteiger charge is -2.23. The number of carbonyl (C=O) groups excluding carboxylic acids is 1. The first-order valence-corrected chi connectivity index (χ1v) is 15.1. The zero-order valence-electron chi connectivity index (χ0n) is 21.6. The number of ether oxygens (including phenoxy) is 1.